The van der Waals surface area contributed by atoms with Gasteiger partial charge in [0.25, 0.3) is 0 Å². The van der Waals surface area contributed by atoms with Gasteiger partial charge in [-0.1, -0.05) is 32.3 Å². The van der Waals surface area contributed by atoms with Gasteiger partial charge in [0.1, 0.15) is 0 Å². The van der Waals surface area contributed by atoms with E-state index < -0.39 is 0 Å². The average Bonchev–Trinajstić information content (AvgIpc) is 3.35. The lowest BCUT2D eigenvalue weighted by molar-refractivity contribution is 0.107. The average molecular weight is 383 g/mol. The monoisotopic (exact) mass is 382 g/mol. The third-order valence-electron chi connectivity index (χ3n) is 7.23. The zero-order valence-corrected chi connectivity index (χ0v) is 17.6. The minimum atomic E-state index is 0.278. The lowest BCUT2D eigenvalue weighted by Crippen LogP contribution is -2.41. The Balaban J connectivity index is 1.46. The maximum Gasteiger partial charge on any atom is 0.0466 e. The Morgan fingerprint density at radius 3 is 2.70 bits per heavy atom. The summed E-state index contributed by atoms with van der Waals surface area (Å²) in [5, 5.41) is 6.00. The van der Waals surface area contributed by atoms with Crippen molar-refractivity contribution in [2.75, 3.05) is 6.54 Å². The molecule has 2 aromatic rings. The first kappa shape index (κ1) is 19.1. The molecule has 0 amide bonds. The van der Waals surface area contributed by atoms with Crippen molar-refractivity contribution in [3.8, 4) is 0 Å². The highest BCUT2D eigenvalue weighted by Gasteiger charge is 2.47. The second kappa shape index (κ2) is 8.45. The first-order valence-corrected chi connectivity index (χ1v) is 11.8. The van der Waals surface area contributed by atoms with Crippen molar-refractivity contribution < 1.29 is 0 Å². The predicted octanol–water partition coefficient (Wildman–Crippen LogP) is 6.26. The Kier molecular flexibility index (Phi) is 5.99. The van der Waals surface area contributed by atoms with Gasteiger partial charge in [-0.2, -0.15) is 0 Å². The Bertz CT molecular complexity index is 717. The molecule has 2 nitrogen and oxygen atoms in total. The van der Waals surface area contributed by atoms with Crippen LogP contribution in [0.4, 0.5) is 0 Å². The molecule has 2 fully saturated rings. The molecule has 0 bridgehead atoms. The summed E-state index contributed by atoms with van der Waals surface area (Å²) in [4.78, 5) is 6.37. The van der Waals surface area contributed by atoms with E-state index >= 15 is 0 Å². The van der Waals surface area contributed by atoms with Gasteiger partial charge in [-0.05, 0) is 86.0 Å². The van der Waals surface area contributed by atoms with Crippen LogP contribution in [0.1, 0.15) is 80.8 Å². The van der Waals surface area contributed by atoms with E-state index in [0.717, 1.165) is 19.5 Å². The normalized spacial score (nSPS) is 24.5. The van der Waals surface area contributed by atoms with Crippen molar-refractivity contribution >= 4 is 11.3 Å². The van der Waals surface area contributed by atoms with Crippen LogP contribution in [0, 0.1) is 5.41 Å². The van der Waals surface area contributed by atoms with Crippen LogP contribution in [-0.4, -0.2) is 11.5 Å². The van der Waals surface area contributed by atoms with Crippen LogP contribution in [-0.2, 0) is 18.4 Å². The standard InChI is InChI=1S/C24H34N2S/c1-2-20-9-17-27-21(20)18-25-16-14-24(22-8-3-6-15-26-22)13-7-12-23(19-24)10-4-5-11-23/h3,6,8-9,15,17,25H,2,4-5,7,10-14,16,18-19H2,1H3/t24-/m1/s1. The maximum absolute atomic E-state index is 4.86. The molecule has 2 aliphatic carbocycles. The number of aromatic nitrogens is 1. The molecule has 2 aliphatic rings. The molecule has 0 aliphatic heterocycles. The third kappa shape index (κ3) is 4.14. The van der Waals surface area contributed by atoms with Crippen molar-refractivity contribution in [1.82, 2.24) is 10.3 Å². The smallest absolute Gasteiger partial charge is 0.0466 e. The molecule has 0 unspecified atom stereocenters. The largest absolute Gasteiger partial charge is 0.312 e. The molecule has 4 rings (SSSR count). The van der Waals surface area contributed by atoms with E-state index in [0.29, 0.717) is 5.41 Å². The van der Waals surface area contributed by atoms with Gasteiger partial charge < -0.3 is 5.32 Å². The zero-order chi connectivity index (χ0) is 18.6. The minimum Gasteiger partial charge on any atom is -0.312 e. The predicted molar refractivity (Wildman–Crippen MR) is 115 cm³/mol. The molecule has 2 heterocycles. The fourth-order valence-corrected chi connectivity index (χ4v) is 6.80. The number of aryl methyl sites for hydroxylation is 1. The Morgan fingerprint density at radius 1 is 1.07 bits per heavy atom. The molecule has 1 N–H and O–H groups in total. The van der Waals surface area contributed by atoms with Crippen LogP contribution in [0.15, 0.2) is 35.8 Å². The van der Waals surface area contributed by atoms with E-state index in [1.54, 1.807) is 0 Å². The fourth-order valence-electron chi connectivity index (χ4n) is 5.85. The van der Waals surface area contributed by atoms with Crippen molar-refractivity contribution in [3.63, 3.8) is 0 Å². The van der Waals surface area contributed by atoms with Gasteiger partial charge in [-0.25, -0.2) is 0 Å². The van der Waals surface area contributed by atoms with Crippen molar-refractivity contribution in [2.45, 2.75) is 83.1 Å². The summed E-state index contributed by atoms with van der Waals surface area (Å²) in [6.07, 6.45) is 15.6. The minimum absolute atomic E-state index is 0.278. The number of nitrogens with one attached hydrogen (secondary N) is 1. The van der Waals surface area contributed by atoms with E-state index in [1.165, 1.54) is 73.9 Å². The molecule has 146 valence electrons. The van der Waals surface area contributed by atoms with Gasteiger partial charge >= 0.3 is 0 Å². The molecule has 0 saturated heterocycles. The molecular weight excluding hydrogens is 348 g/mol. The van der Waals surface area contributed by atoms with Gasteiger partial charge in [0.15, 0.2) is 0 Å². The van der Waals surface area contributed by atoms with Crippen molar-refractivity contribution in [3.05, 3.63) is 52.0 Å². The van der Waals surface area contributed by atoms with E-state index in [4.69, 9.17) is 4.98 Å². The molecule has 2 saturated carbocycles. The number of thiophene rings is 1. The number of nitrogens with zero attached hydrogens (tertiary/aromatic N) is 1. The second-order valence-electron chi connectivity index (χ2n) is 8.88. The van der Waals surface area contributed by atoms with Crippen molar-refractivity contribution in [2.24, 2.45) is 5.41 Å². The molecule has 0 radical (unpaired) electrons. The van der Waals surface area contributed by atoms with Gasteiger partial charge in [-0.15, -0.1) is 11.3 Å². The summed E-state index contributed by atoms with van der Waals surface area (Å²) in [5.74, 6) is 0. The highest BCUT2D eigenvalue weighted by Crippen LogP contribution is 2.56. The molecule has 3 heteroatoms. The quantitative estimate of drug-likeness (QED) is 0.572. The van der Waals surface area contributed by atoms with E-state index in [2.05, 4.69) is 41.9 Å². The molecule has 1 atom stereocenters. The molecule has 1 spiro atoms. The van der Waals surface area contributed by atoms with Crippen LogP contribution < -0.4 is 5.32 Å². The summed E-state index contributed by atoms with van der Waals surface area (Å²) in [6.45, 7) is 4.36. The summed E-state index contributed by atoms with van der Waals surface area (Å²) in [5.41, 5.74) is 3.75. The Labute approximate surface area is 168 Å². The number of hydrogen-bond donors (Lipinski definition) is 1. The second-order valence-corrected chi connectivity index (χ2v) is 9.88. The number of pyridine rings is 1. The highest BCUT2D eigenvalue weighted by atomic mass is 32.1. The highest BCUT2D eigenvalue weighted by molar-refractivity contribution is 7.10. The zero-order valence-electron chi connectivity index (χ0n) is 16.8. The lowest BCUT2D eigenvalue weighted by Gasteiger charge is -2.46. The van der Waals surface area contributed by atoms with Crippen LogP contribution >= 0.6 is 11.3 Å². The summed E-state index contributed by atoms with van der Waals surface area (Å²) in [6, 6.07) is 8.82. The van der Waals surface area contributed by atoms with Crippen LogP contribution in [0.25, 0.3) is 0 Å². The third-order valence-corrected chi connectivity index (χ3v) is 8.20. The van der Waals surface area contributed by atoms with Gasteiger partial charge in [0.05, 0.1) is 0 Å². The number of hydrogen-bond acceptors (Lipinski definition) is 3. The Morgan fingerprint density at radius 2 is 1.93 bits per heavy atom. The van der Waals surface area contributed by atoms with Crippen LogP contribution in [0.3, 0.4) is 0 Å². The first-order valence-electron chi connectivity index (χ1n) is 10.9. The van der Waals surface area contributed by atoms with Gasteiger partial charge in [-0.3, -0.25) is 4.98 Å². The first-order chi connectivity index (χ1) is 13.3. The fraction of sp³-hybridized carbons (Fsp3) is 0.625. The van der Waals surface area contributed by atoms with Gasteiger partial charge in [0, 0.05) is 28.7 Å². The van der Waals surface area contributed by atoms with Gasteiger partial charge in [0.2, 0.25) is 0 Å². The lowest BCUT2D eigenvalue weighted by atomic mass is 9.58. The molecule has 0 aromatic carbocycles. The Hall–Kier alpha value is -1.19. The summed E-state index contributed by atoms with van der Waals surface area (Å²) in [7, 11) is 0. The topological polar surface area (TPSA) is 24.9 Å². The van der Waals surface area contributed by atoms with Crippen LogP contribution in [0.2, 0.25) is 0 Å². The van der Waals surface area contributed by atoms with Crippen molar-refractivity contribution in [1.29, 1.82) is 0 Å². The maximum atomic E-state index is 4.86. The molecular formula is C24H34N2S. The molecule has 27 heavy (non-hydrogen) atoms. The van der Waals surface area contributed by atoms with E-state index in [1.807, 2.05) is 17.5 Å². The number of rotatable bonds is 7. The molecule has 2 aromatic heterocycles. The summed E-state index contributed by atoms with van der Waals surface area (Å²) >= 11 is 1.90. The summed E-state index contributed by atoms with van der Waals surface area (Å²) < 4.78 is 0. The van der Waals surface area contributed by atoms with E-state index in [-0.39, 0.29) is 5.41 Å². The van der Waals surface area contributed by atoms with Crippen LogP contribution in [0.5, 0.6) is 0 Å². The SMILES string of the molecule is CCc1ccsc1CNCC[C@]1(c2ccccn2)CCCC2(CCCC2)C1. The van der Waals surface area contributed by atoms with E-state index in [9.17, 15) is 0 Å².